The summed E-state index contributed by atoms with van der Waals surface area (Å²) in [7, 11) is 0. The van der Waals surface area contributed by atoms with Crippen LogP contribution in [0.15, 0.2) is 12.1 Å². The van der Waals surface area contributed by atoms with E-state index < -0.39 is 0 Å². The van der Waals surface area contributed by atoms with E-state index in [0.717, 1.165) is 26.2 Å². The minimum absolute atomic E-state index is 0.337. The summed E-state index contributed by atoms with van der Waals surface area (Å²) >= 11 is 1.82. The highest BCUT2D eigenvalue weighted by Crippen LogP contribution is 2.28. The highest BCUT2D eigenvalue weighted by Gasteiger charge is 2.29. The lowest BCUT2D eigenvalue weighted by Crippen LogP contribution is -2.39. The molecule has 2 aliphatic rings. The van der Waals surface area contributed by atoms with Crippen molar-refractivity contribution < 1.29 is 9.53 Å². The van der Waals surface area contributed by atoms with Gasteiger partial charge in [-0.3, -0.25) is 4.79 Å². The van der Waals surface area contributed by atoms with Crippen LogP contribution >= 0.6 is 11.3 Å². The molecule has 3 rings (SSSR count). The van der Waals surface area contributed by atoms with Gasteiger partial charge in [0.05, 0.1) is 6.54 Å². The molecule has 0 radical (unpaired) electrons. The molecule has 4 heteroatoms. The van der Waals surface area contributed by atoms with Crippen LogP contribution in [-0.2, 0) is 16.1 Å². The second kappa shape index (κ2) is 6.93. The van der Waals surface area contributed by atoms with Gasteiger partial charge in [-0.05, 0) is 44.2 Å². The van der Waals surface area contributed by atoms with E-state index in [1.165, 1.54) is 35.4 Å². The first kappa shape index (κ1) is 15.0. The summed E-state index contributed by atoms with van der Waals surface area (Å²) in [5.41, 5.74) is 0. The molecule has 1 aliphatic carbocycles. The SMILES string of the molecule is Cc1ccc(CN(C(=O)C[C@@H]2CCOC2)C2CCCC2)s1. The topological polar surface area (TPSA) is 29.5 Å². The van der Waals surface area contributed by atoms with Crippen molar-refractivity contribution in [1.82, 2.24) is 4.90 Å². The molecule has 116 valence electrons. The Hall–Kier alpha value is -0.870. The van der Waals surface area contributed by atoms with E-state index in [2.05, 4.69) is 24.0 Å². The Morgan fingerprint density at radius 2 is 2.14 bits per heavy atom. The van der Waals surface area contributed by atoms with Crippen molar-refractivity contribution in [3.8, 4) is 0 Å². The van der Waals surface area contributed by atoms with Crippen LogP contribution in [0.2, 0.25) is 0 Å². The number of ether oxygens (including phenoxy) is 1. The Bertz CT molecular complexity index is 473. The summed E-state index contributed by atoms with van der Waals surface area (Å²) in [4.78, 5) is 17.6. The van der Waals surface area contributed by atoms with E-state index in [9.17, 15) is 4.79 Å². The number of carbonyl (C=O) groups is 1. The summed E-state index contributed by atoms with van der Waals surface area (Å²) in [5, 5.41) is 0. The zero-order chi connectivity index (χ0) is 14.7. The van der Waals surface area contributed by atoms with Crippen LogP contribution in [0, 0.1) is 12.8 Å². The minimum atomic E-state index is 0.337. The van der Waals surface area contributed by atoms with Crippen LogP contribution in [-0.4, -0.2) is 30.1 Å². The largest absolute Gasteiger partial charge is 0.381 e. The molecule has 0 N–H and O–H groups in total. The molecule has 0 aromatic carbocycles. The fraction of sp³-hybridized carbons (Fsp3) is 0.706. The Morgan fingerprint density at radius 3 is 2.76 bits per heavy atom. The Kier molecular flexibility index (Phi) is 4.96. The summed E-state index contributed by atoms with van der Waals surface area (Å²) in [6.45, 7) is 4.52. The van der Waals surface area contributed by atoms with Crippen molar-refractivity contribution >= 4 is 17.2 Å². The lowest BCUT2D eigenvalue weighted by molar-refractivity contribution is -0.135. The van der Waals surface area contributed by atoms with E-state index in [4.69, 9.17) is 4.74 Å². The van der Waals surface area contributed by atoms with Gasteiger partial charge in [0, 0.05) is 35.4 Å². The van der Waals surface area contributed by atoms with Gasteiger partial charge < -0.3 is 9.64 Å². The normalized spacial score (nSPS) is 22.8. The van der Waals surface area contributed by atoms with E-state index in [0.29, 0.717) is 24.3 Å². The third-order valence-corrected chi connectivity index (χ3v) is 5.68. The molecule has 2 heterocycles. The number of amides is 1. The predicted molar refractivity (Wildman–Crippen MR) is 85.4 cm³/mol. The molecule has 3 nitrogen and oxygen atoms in total. The maximum absolute atomic E-state index is 12.8. The van der Waals surface area contributed by atoms with Crippen molar-refractivity contribution in [2.75, 3.05) is 13.2 Å². The molecule has 1 saturated carbocycles. The number of carbonyl (C=O) groups excluding carboxylic acids is 1. The lowest BCUT2D eigenvalue weighted by Gasteiger charge is -2.29. The van der Waals surface area contributed by atoms with Crippen LogP contribution in [0.5, 0.6) is 0 Å². The molecule has 1 aliphatic heterocycles. The summed E-state index contributed by atoms with van der Waals surface area (Å²) in [6, 6.07) is 4.79. The maximum Gasteiger partial charge on any atom is 0.223 e. The predicted octanol–water partition coefficient (Wildman–Crippen LogP) is 3.75. The molecule has 1 aromatic heterocycles. The number of hydrogen-bond donors (Lipinski definition) is 0. The average molecular weight is 307 g/mol. The molecular weight excluding hydrogens is 282 g/mol. The fourth-order valence-corrected chi connectivity index (χ4v) is 4.37. The first-order valence-electron chi connectivity index (χ1n) is 8.15. The van der Waals surface area contributed by atoms with Crippen molar-refractivity contribution in [3.05, 3.63) is 21.9 Å². The summed E-state index contributed by atoms with van der Waals surface area (Å²) in [6.07, 6.45) is 6.60. The van der Waals surface area contributed by atoms with Gasteiger partial charge in [-0.15, -0.1) is 11.3 Å². The zero-order valence-electron chi connectivity index (χ0n) is 12.8. The number of thiophene rings is 1. The summed E-state index contributed by atoms with van der Waals surface area (Å²) in [5.74, 6) is 0.773. The number of nitrogens with zero attached hydrogens (tertiary/aromatic N) is 1. The maximum atomic E-state index is 12.8. The van der Waals surface area contributed by atoms with E-state index in [-0.39, 0.29) is 0 Å². The Labute approximate surface area is 131 Å². The molecule has 1 amide bonds. The molecule has 0 bridgehead atoms. The lowest BCUT2D eigenvalue weighted by atomic mass is 10.0. The number of rotatable bonds is 5. The van der Waals surface area contributed by atoms with Gasteiger partial charge in [0.15, 0.2) is 0 Å². The van der Waals surface area contributed by atoms with Crippen LogP contribution in [0.3, 0.4) is 0 Å². The molecule has 2 fully saturated rings. The van der Waals surface area contributed by atoms with Gasteiger partial charge in [0.1, 0.15) is 0 Å². The van der Waals surface area contributed by atoms with Crippen molar-refractivity contribution in [2.24, 2.45) is 5.92 Å². The van der Waals surface area contributed by atoms with Crippen LogP contribution in [0.4, 0.5) is 0 Å². The van der Waals surface area contributed by atoms with E-state index >= 15 is 0 Å². The second-order valence-electron chi connectivity index (χ2n) is 6.41. The van der Waals surface area contributed by atoms with Gasteiger partial charge in [0.25, 0.3) is 0 Å². The smallest absolute Gasteiger partial charge is 0.223 e. The Balaban J connectivity index is 1.66. The number of aryl methyl sites for hydroxylation is 1. The highest BCUT2D eigenvalue weighted by atomic mass is 32.1. The Morgan fingerprint density at radius 1 is 1.33 bits per heavy atom. The molecule has 1 aromatic rings. The van der Waals surface area contributed by atoms with E-state index in [1.807, 2.05) is 11.3 Å². The molecule has 0 spiro atoms. The highest BCUT2D eigenvalue weighted by molar-refractivity contribution is 7.11. The third-order valence-electron chi connectivity index (χ3n) is 4.70. The van der Waals surface area contributed by atoms with Gasteiger partial charge in [-0.2, -0.15) is 0 Å². The third kappa shape index (κ3) is 3.86. The van der Waals surface area contributed by atoms with Crippen molar-refractivity contribution in [3.63, 3.8) is 0 Å². The molecule has 1 saturated heterocycles. The van der Waals surface area contributed by atoms with Crippen molar-refractivity contribution in [1.29, 1.82) is 0 Å². The van der Waals surface area contributed by atoms with Crippen LogP contribution in [0.25, 0.3) is 0 Å². The monoisotopic (exact) mass is 307 g/mol. The molecule has 21 heavy (non-hydrogen) atoms. The van der Waals surface area contributed by atoms with Gasteiger partial charge >= 0.3 is 0 Å². The van der Waals surface area contributed by atoms with Crippen LogP contribution < -0.4 is 0 Å². The second-order valence-corrected chi connectivity index (χ2v) is 7.78. The first-order valence-corrected chi connectivity index (χ1v) is 8.96. The fourth-order valence-electron chi connectivity index (χ4n) is 3.48. The van der Waals surface area contributed by atoms with Gasteiger partial charge in [-0.25, -0.2) is 0 Å². The quantitative estimate of drug-likeness (QED) is 0.829. The van der Waals surface area contributed by atoms with Crippen LogP contribution in [0.1, 0.15) is 48.3 Å². The molecular formula is C17H25NO2S. The van der Waals surface area contributed by atoms with Gasteiger partial charge in [-0.1, -0.05) is 12.8 Å². The number of hydrogen-bond acceptors (Lipinski definition) is 3. The van der Waals surface area contributed by atoms with Gasteiger partial charge in [0.2, 0.25) is 5.91 Å². The zero-order valence-corrected chi connectivity index (χ0v) is 13.7. The minimum Gasteiger partial charge on any atom is -0.381 e. The summed E-state index contributed by atoms with van der Waals surface area (Å²) < 4.78 is 5.42. The van der Waals surface area contributed by atoms with Crippen molar-refractivity contribution in [2.45, 2.75) is 58.0 Å². The molecule has 0 unspecified atom stereocenters. The standard InChI is InChI=1S/C17H25NO2S/c1-13-6-7-16(21-13)11-18(15-4-2-3-5-15)17(19)10-14-8-9-20-12-14/h6-7,14-15H,2-5,8-12H2,1H3/t14-/m0/s1. The van der Waals surface area contributed by atoms with E-state index in [1.54, 1.807) is 0 Å². The first-order chi connectivity index (χ1) is 10.2. The molecule has 1 atom stereocenters. The average Bonchev–Trinajstić information content (AvgIpc) is 3.17.